The molecular weight excluding hydrogens is 226 g/mol. The second kappa shape index (κ2) is 5.50. The molecule has 1 aliphatic carbocycles. The zero-order valence-corrected chi connectivity index (χ0v) is 10.6. The summed E-state index contributed by atoms with van der Waals surface area (Å²) in [7, 11) is 2.15. The summed E-state index contributed by atoms with van der Waals surface area (Å²) in [6, 6.07) is 0.631. The second-order valence-corrected chi connectivity index (χ2v) is 4.89. The lowest BCUT2D eigenvalue weighted by Crippen LogP contribution is -2.42. The fourth-order valence-electron chi connectivity index (χ4n) is 2.62. The molecule has 0 aromatic heterocycles. The number of rotatable bonds is 3. The zero-order chi connectivity index (χ0) is 11.4. The Morgan fingerprint density at radius 2 is 1.94 bits per heavy atom. The summed E-state index contributed by atoms with van der Waals surface area (Å²) in [5, 5.41) is 0. The minimum Gasteiger partial charge on any atom is -0.348 e. The van der Waals surface area contributed by atoms with Crippen LogP contribution >= 0.6 is 11.6 Å². The quantitative estimate of drug-likeness (QED) is 0.762. The van der Waals surface area contributed by atoms with Gasteiger partial charge < -0.3 is 9.47 Å². The standard InChI is InChI=1S/C12H20ClNO2/c1-14(8-2-7-13)11-3-5-12(6-4-11)15-9-10-16-12/h2,7,11H,3-6,8-10H2,1H3. The number of nitrogens with zero attached hydrogens (tertiary/aromatic N) is 1. The van der Waals surface area contributed by atoms with E-state index in [0.717, 1.165) is 45.4 Å². The topological polar surface area (TPSA) is 21.7 Å². The van der Waals surface area contributed by atoms with Crippen LogP contribution < -0.4 is 0 Å². The number of hydrogen-bond acceptors (Lipinski definition) is 3. The molecule has 0 N–H and O–H groups in total. The maximum Gasteiger partial charge on any atom is 0.168 e. The van der Waals surface area contributed by atoms with Crippen molar-refractivity contribution in [3.05, 3.63) is 11.6 Å². The molecule has 1 aliphatic heterocycles. The average molecular weight is 246 g/mol. The Labute approximate surface area is 102 Å². The number of likely N-dealkylation sites (N-methyl/N-ethyl adjacent to an activating group) is 1. The van der Waals surface area contributed by atoms with Crippen molar-refractivity contribution >= 4 is 11.6 Å². The fraction of sp³-hybridized carbons (Fsp3) is 0.833. The molecule has 0 amide bonds. The van der Waals surface area contributed by atoms with E-state index in [1.807, 2.05) is 6.08 Å². The van der Waals surface area contributed by atoms with Gasteiger partial charge in [0, 0.05) is 31.0 Å². The van der Waals surface area contributed by atoms with Gasteiger partial charge in [0.15, 0.2) is 5.79 Å². The minimum absolute atomic E-state index is 0.236. The molecule has 0 aromatic rings. The highest BCUT2D eigenvalue weighted by atomic mass is 35.5. The molecule has 0 atom stereocenters. The molecule has 0 bridgehead atoms. The predicted octanol–water partition coefficient (Wildman–Crippen LogP) is 2.36. The Bertz CT molecular complexity index is 241. The van der Waals surface area contributed by atoms with Gasteiger partial charge in [-0.2, -0.15) is 0 Å². The van der Waals surface area contributed by atoms with Crippen LogP contribution in [0.2, 0.25) is 0 Å². The highest BCUT2D eigenvalue weighted by Gasteiger charge is 2.40. The van der Waals surface area contributed by atoms with E-state index in [9.17, 15) is 0 Å². The summed E-state index contributed by atoms with van der Waals surface area (Å²) in [6.45, 7) is 2.44. The second-order valence-electron chi connectivity index (χ2n) is 4.64. The van der Waals surface area contributed by atoms with E-state index in [2.05, 4.69) is 11.9 Å². The Morgan fingerprint density at radius 3 is 2.50 bits per heavy atom. The van der Waals surface area contributed by atoms with Gasteiger partial charge in [-0.05, 0) is 19.9 Å². The monoisotopic (exact) mass is 245 g/mol. The third-order valence-corrected chi connectivity index (χ3v) is 3.81. The minimum atomic E-state index is -0.236. The normalized spacial score (nSPS) is 26.2. The molecular formula is C12H20ClNO2. The lowest BCUT2D eigenvalue weighted by molar-refractivity contribution is -0.183. The van der Waals surface area contributed by atoms with Gasteiger partial charge in [0.25, 0.3) is 0 Å². The molecule has 2 fully saturated rings. The highest BCUT2D eigenvalue weighted by Crippen LogP contribution is 2.36. The maximum atomic E-state index is 5.71. The average Bonchev–Trinajstić information content (AvgIpc) is 2.75. The summed E-state index contributed by atoms with van der Waals surface area (Å²) < 4.78 is 11.4. The highest BCUT2D eigenvalue weighted by molar-refractivity contribution is 6.25. The first-order valence-corrected chi connectivity index (χ1v) is 6.43. The van der Waals surface area contributed by atoms with Crippen LogP contribution in [0.4, 0.5) is 0 Å². The van der Waals surface area contributed by atoms with Crippen LogP contribution in [0.1, 0.15) is 25.7 Å². The Kier molecular flexibility index (Phi) is 4.25. The Morgan fingerprint density at radius 1 is 1.31 bits per heavy atom. The number of hydrogen-bond donors (Lipinski definition) is 0. The number of ether oxygens (including phenoxy) is 2. The Hall–Kier alpha value is -0.0900. The van der Waals surface area contributed by atoms with Crippen molar-refractivity contribution in [1.82, 2.24) is 4.90 Å². The van der Waals surface area contributed by atoms with Crippen LogP contribution in [0, 0.1) is 0 Å². The van der Waals surface area contributed by atoms with Gasteiger partial charge in [-0.15, -0.1) is 0 Å². The zero-order valence-electron chi connectivity index (χ0n) is 9.82. The van der Waals surface area contributed by atoms with Gasteiger partial charge in [-0.3, -0.25) is 4.90 Å². The van der Waals surface area contributed by atoms with E-state index in [1.165, 1.54) is 0 Å². The van der Waals surface area contributed by atoms with Gasteiger partial charge >= 0.3 is 0 Å². The molecule has 1 saturated heterocycles. The third-order valence-electron chi connectivity index (χ3n) is 3.64. The molecule has 0 radical (unpaired) electrons. The van der Waals surface area contributed by atoms with Crippen molar-refractivity contribution in [2.45, 2.75) is 37.5 Å². The van der Waals surface area contributed by atoms with Crippen LogP contribution in [0.15, 0.2) is 11.6 Å². The van der Waals surface area contributed by atoms with Gasteiger partial charge in [0.05, 0.1) is 13.2 Å². The first-order chi connectivity index (χ1) is 7.76. The number of halogens is 1. The fourth-order valence-corrected chi connectivity index (χ4v) is 2.70. The van der Waals surface area contributed by atoms with Crippen LogP contribution in [-0.2, 0) is 9.47 Å². The molecule has 1 spiro atoms. The van der Waals surface area contributed by atoms with Crippen molar-refractivity contribution in [3.8, 4) is 0 Å². The summed E-state index contributed by atoms with van der Waals surface area (Å²) >= 11 is 5.54. The summed E-state index contributed by atoms with van der Waals surface area (Å²) in [4.78, 5) is 2.35. The first kappa shape index (κ1) is 12.4. The van der Waals surface area contributed by atoms with Gasteiger partial charge in [-0.25, -0.2) is 0 Å². The molecule has 16 heavy (non-hydrogen) atoms. The van der Waals surface area contributed by atoms with Crippen LogP contribution in [0.3, 0.4) is 0 Å². The van der Waals surface area contributed by atoms with E-state index in [0.29, 0.717) is 6.04 Å². The van der Waals surface area contributed by atoms with Crippen LogP contribution in [-0.4, -0.2) is 43.5 Å². The van der Waals surface area contributed by atoms with E-state index >= 15 is 0 Å². The van der Waals surface area contributed by atoms with E-state index < -0.39 is 0 Å². The van der Waals surface area contributed by atoms with E-state index in [-0.39, 0.29) is 5.79 Å². The van der Waals surface area contributed by atoms with Crippen molar-refractivity contribution in [2.75, 3.05) is 26.8 Å². The molecule has 0 unspecified atom stereocenters. The molecule has 92 valence electrons. The molecule has 3 nitrogen and oxygen atoms in total. The third kappa shape index (κ3) is 2.77. The summed E-state index contributed by atoms with van der Waals surface area (Å²) in [6.07, 6.45) is 6.31. The van der Waals surface area contributed by atoms with E-state index in [4.69, 9.17) is 21.1 Å². The van der Waals surface area contributed by atoms with Crippen LogP contribution in [0.25, 0.3) is 0 Å². The molecule has 2 rings (SSSR count). The van der Waals surface area contributed by atoms with Gasteiger partial charge in [-0.1, -0.05) is 17.7 Å². The smallest absolute Gasteiger partial charge is 0.168 e. The lowest BCUT2D eigenvalue weighted by Gasteiger charge is -2.38. The molecule has 1 saturated carbocycles. The van der Waals surface area contributed by atoms with E-state index in [1.54, 1.807) is 5.54 Å². The largest absolute Gasteiger partial charge is 0.348 e. The van der Waals surface area contributed by atoms with Crippen molar-refractivity contribution in [3.63, 3.8) is 0 Å². The maximum absolute atomic E-state index is 5.71. The SMILES string of the molecule is CN(CC=CCl)C1CCC2(CC1)OCCO2. The van der Waals surface area contributed by atoms with Crippen molar-refractivity contribution in [2.24, 2.45) is 0 Å². The predicted molar refractivity (Wildman–Crippen MR) is 64.5 cm³/mol. The molecule has 1 heterocycles. The molecule has 4 heteroatoms. The first-order valence-electron chi connectivity index (χ1n) is 5.99. The Balaban J connectivity index is 1.80. The van der Waals surface area contributed by atoms with Crippen LogP contribution in [0.5, 0.6) is 0 Å². The van der Waals surface area contributed by atoms with Gasteiger partial charge in [0.1, 0.15) is 0 Å². The molecule has 0 aromatic carbocycles. The summed E-state index contributed by atoms with van der Waals surface area (Å²) in [5.74, 6) is -0.236. The van der Waals surface area contributed by atoms with Crippen molar-refractivity contribution in [1.29, 1.82) is 0 Å². The molecule has 2 aliphatic rings. The van der Waals surface area contributed by atoms with Gasteiger partial charge in [0.2, 0.25) is 0 Å². The summed E-state index contributed by atoms with van der Waals surface area (Å²) in [5.41, 5.74) is 1.59. The lowest BCUT2D eigenvalue weighted by atomic mass is 9.89. The van der Waals surface area contributed by atoms with Crippen molar-refractivity contribution < 1.29 is 9.47 Å².